The number of carbonyl (C=O) groups is 1. The van der Waals surface area contributed by atoms with Gasteiger partial charge < -0.3 is 14.2 Å². The maximum atomic E-state index is 13.1. The molecule has 4 rings (SSSR count). The van der Waals surface area contributed by atoms with Crippen molar-refractivity contribution in [2.75, 3.05) is 13.7 Å². The molecule has 152 valence electrons. The van der Waals surface area contributed by atoms with Crippen molar-refractivity contribution in [1.82, 2.24) is 23.6 Å². The van der Waals surface area contributed by atoms with E-state index in [2.05, 4.69) is 4.98 Å². The zero-order chi connectivity index (χ0) is 20.7. The first-order chi connectivity index (χ1) is 13.9. The number of carbonyl (C=O) groups excluding carboxylic acids is 1. The lowest BCUT2D eigenvalue weighted by atomic mass is 10.0. The van der Waals surface area contributed by atoms with E-state index in [1.807, 2.05) is 29.2 Å². The van der Waals surface area contributed by atoms with Crippen LogP contribution < -0.4 is 16.0 Å². The van der Waals surface area contributed by atoms with Crippen LogP contribution in [0.4, 0.5) is 0 Å². The SMILES string of the molecule is COc1ccc(C2CCCN2C(=O)Cn2cnc3c2c(=O)n(C)c(=O)n3C)cc1. The number of rotatable bonds is 4. The summed E-state index contributed by atoms with van der Waals surface area (Å²) in [6.07, 6.45) is 3.25. The normalized spacial score (nSPS) is 16.5. The Balaban J connectivity index is 1.64. The molecule has 0 spiro atoms. The number of methoxy groups -OCH3 is 1. The van der Waals surface area contributed by atoms with Gasteiger partial charge in [0, 0.05) is 20.6 Å². The molecule has 0 N–H and O–H groups in total. The predicted octanol–water partition coefficient (Wildman–Crippen LogP) is 0.806. The number of benzene rings is 1. The number of aromatic nitrogens is 4. The number of hydrogen-bond donors (Lipinski definition) is 0. The molecule has 1 aliphatic heterocycles. The second-order valence-electron chi connectivity index (χ2n) is 7.27. The predicted molar refractivity (Wildman–Crippen MR) is 107 cm³/mol. The minimum atomic E-state index is -0.457. The molecule has 1 atom stereocenters. The fraction of sp³-hybridized carbons (Fsp3) is 0.400. The van der Waals surface area contributed by atoms with Crippen molar-refractivity contribution >= 4 is 17.1 Å². The average Bonchev–Trinajstić information content (AvgIpc) is 3.38. The highest BCUT2D eigenvalue weighted by atomic mass is 16.5. The van der Waals surface area contributed by atoms with Crippen LogP contribution in [0, 0.1) is 0 Å². The molecule has 0 saturated carbocycles. The summed E-state index contributed by atoms with van der Waals surface area (Å²) < 4.78 is 9.08. The Labute approximate surface area is 166 Å². The zero-order valence-electron chi connectivity index (χ0n) is 16.7. The summed E-state index contributed by atoms with van der Waals surface area (Å²) in [5.74, 6) is 0.689. The number of ether oxygens (including phenoxy) is 1. The molecular formula is C20H23N5O4. The molecule has 9 heteroatoms. The molecule has 3 heterocycles. The number of imidazole rings is 1. The summed E-state index contributed by atoms with van der Waals surface area (Å²) >= 11 is 0. The van der Waals surface area contributed by atoms with Crippen LogP contribution in [0.3, 0.4) is 0 Å². The van der Waals surface area contributed by atoms with Crippen LogP contribution in [0.5, 0.6) is 5.75 Å². The van der Waals surface area contributed by atoms with Gasteiger partial charge in [-0.15, -0.1) is 0 Å². The van der Waals surface area contributed by atoms with Crippen LogP contribution in [0.25, 0.3) is 11.2 Å². The molecule has 1 unspecified atom stereocenters. The number of aryl methyl sites for hydroxylation is 1. The van der Waals surface area contributed by atoms with Crippen molar-refractivity contribution < 1.29 is 9.53 Å². The molecule has 0 aliphatic carbocycles. The van der Waals surface area contributed by atoms with Crippen molar-refractivity contribution in [1.29, 1.82) is 0 Å². The van der Waals surface area contributed by atoms with Gasteiger partial charge in [-0.05, 0) is 30.5 Å². The fourth-order valence-corrected chi connectivity index (χ4v) is 3.99. The Bertz CT molecular complexity index is 1190. The highest BCUT2D eigenvalue weighted by molar-refractivity contribution is 5.79. The van der Waals surface area contributed by atoms with E-state index in [4.69, 9.17) is 4.74 Å². The maximum Gasteiger partial charge on any atom is 0.332 e. The highest BCUT2D eigenvalue weighted by Crippen LogP contribution is 2.33. The third-order valence-corrected chi connectivity index (χ3v) is 5.60. The monoisotopic (exact) mass is 397 g/mol. The zero-order valence-corrected chi connectivity index (χ0v) is 16.7. The number of likely N-dealkylation sites (tertiary alicyclic amines) is 1. The molecule has 29 heavy (non-hydrogen) atoms. The Morgan fingerprint density at radius 2 is 1.90 bits per heavy atom. The van der Waals surface area contributed by atoms with Gasteiger partial charge in [0.15, 0.2) is 11.2 Å². The molecule has 1 aromatic carbocycles. The third kappa shape index (κ3) is 3.12. The average molecular weight is 397 g/mol. The summed E-state index contributed by atoms with van der Waals surface area (Å²) in [6.45, 7) is 0.662. The van der Waals surface area contributed by atoms with E-state index in [9.17, 15) is 14.4 Å². The van der Waals surface area contributed by atoms with Crippen molar-refractivity contribution in [2.45, 2.75) is 25.4 Å². The maximum absolute atomic E-state index is 13.1. The van der Waals surface area contributed by atoms with Crippen molar-refractivity contribution in [3.63, 3.8) is 0 Å². The first-order valence-corrected chi connectivity index (χ1v) is 9.46. The lowest BCUT2D eigenvalue weighted by molar-refractivity contribution is -0.132. The molecule has 1 amide bonds. The van der Waals surface area contributed by atoms with Gasteiger partial charge in [0.05, 0.1) is 19.5 Å². The van der Waals surface area contributed by atoms with E-state index < -0.39 is 11.2 Å². The molecule has 0 bridgehead atoms. The summed E-state index contributed by atoms with van der Waals surface area (Å²) in [4.78, 5) is 43.8. The Morgan fingerprint density at radius 3 is 2.59 bits per heavy atom. The smallest absolute Gasteiger partial charge is 0.332 e. The molecule has 3 aromatic rings. The molecule has 9 nitrogen and oxygen atoms in total. The summed E-state index contributed by atoms with van der Waals surface area (Å²) in [7, 11) is 4.60. The van der Waals surface area contributed by atoms with Gasteiger partial charge >= 0.3 is 5.69 Å². The lowest BCUT2D eigenvalue weighted by Crippen LogP contribution is -2.38. The number of hydrogen-bond acceptors (Lipinski definition) is 5. The van der Waals surface area contributed by atoms with E-state index in [0.717, 1.165) is 28.7 Å². The van der Waals surface area contributed by atoms with Gasteiger partial charge in [0.1, 0.15) is 12.3 Å². The number of fused-ring (bicyclic) bond motifs is 1. The van der Waals surface area contributed by atoms with Crippen LogP contribution in [0.1, 0.15) is 24.4 Å². The van der Waals surface area contributed by atoms with E-state index in [1.165, 1.54) is 22.5 Å². The minimum Gasteiger partial charge on any atom is -0.497 e. The Morgan fingerprint density at radius 1 is 1.17 bits per heavy atom. The minimum absolute atomic E-state index is 0.00337. The Hall–Kier alpha value is -3.36. The van der Waals surface area contributed by atoms with Crippen LogP contribution in [0.2, 0.25) is 0 Å². The van der Waals surface area contributed by atoms with Crippen LogP contribution in [-0.4, -0.2) is 43.1 Å². The Kier molecular flexibility index (Phi) is 4.73. The second-order valence-corrected chi connectivity index (χ2v) is 7.27. The van der Waals surface area contributed by atoms with Crippen LogP contribution >= 0.6 is 0 Å². The van der Waals surface area contributed by atoms with Crippen molar-refractivity contribution in [3.8, 4) is 5.75 Å². The molecule has 2 aromatic heterocycles. The van der Waals surface area contributed by atoms with E-state index in [0.29, 0.717) is 6.54 Å². The van der Waals surface area contributed by atoms with Crippen LogP contribution in [-0.2, 0) is 25.4 Å². The lowest BCUT2D eigenvalue weighted by Gasteiger charge is -2.25. The molecule has 1 saturated heterocycles. The molecule has 1 fully saturated rings. The van der Waals surface area contributed by atoms with Gasteiger partial charge in [-0.1, -0.05) is 12.1 Å². The largest absolute Gasteiger partial charge is 0.497 e. The summed E-state index contributed by atoms with van der Waals surface area (Å²) in [5, 5.41) is 0. The van der Waals surface area contributed by atoms with E-state index >= 15 is 0 Å². The second kappa shape index (κ2) is 7.23. The van der Waals surface area contributed by atoms with E-state index in [1.54, 1.807) is 14.2 Å². The summed E-state index contributed by atoms with van der Waals surface area (Å²) in [6, 6.07) is 7.74. The topological polar surface area (TPSA) is 91.4 Å². The third-order valence-electron chi connectivity index (χ3n) is 5.60. The molecule has 1 aliphatic rings. The number of amides is 1. The van der Waals surface area contributed by atoms with Crippen molar-refractivity contribution in [2.24, 2.45) is 14.1 Å². The summed E-state index contributed by atoms with van der Waals surface area (Å²) in [5.41, 5.74) is 0.687. The number of nitrogens with zero attached hydrogens (tertiary/aromatic N) is 5. The molecular weight excluding hydrogens is 374 g/mol. The van der Waals surface area contributed by atoms with Crippen molar-refractivity contribution in [3.05, 3.63) is 57.0 Å². The van der Waals surface area contributed by atoms with Gasteiger partial charge in [0.25, 0.3) is 5.56 Å². The van der Waals surface area contributed by atoms with Gasteiger partial charge in [0.2, 0.25) is 5.91 Å². The highest BCUT2D eigenvalue weighted by Gasteiger charge is 2.30. The van der Waals surface area contributed by atoms with Crippen LogP contribution in [0.15, 0.2) is 40.2 Å². The molecule has 0 radical (unpaired) electrons. The quantitative estimate of drug-likeness (QED) is 0.650. The first-order valence-electron chi connectivity index (χ1n) is 9.46. The fourth-order valence-electron chi connectivity index (χ4n) is 3.99. The van der Waals surface area contributed by atoms with E-state index in [-0.39, 0.29) is 29.7 Å². The van der Waals surface area contributed by atoms with Gasteiger partial charge in [-0.2, -0.15) is 0 Å². The first kappa shape index (κ1) is 19.0. The standard InChI is InChI=1S/C20H23N5O4/c1-22-18-17(19(27)23(2)20(22)28)24(12-21-18)11-16(26)25-10-4-5-15(25)13-6-8-14(29-3)9-7-13/h6-9,12,15H,4-5,10-11H2,1-3H3. The van der Waals surface area contributed by atoms with Gasteiger partial charge in [-0.25, -0.2) is 9.78 Å². The van der Waals surface area contributed by atoms with Gasteiger partial charge in [-0.3, -0.25) is 18.7 Å².